The molecule has 31 heavy (non-hydrogen) atoms. The predicted octanol–water partition coefficient (Wildman–Crippen LogP) is 6.42. The van der Waals surface area contributed by atoms with Crippen molar-refractivity contribution in [3.8, 4) is 0 Å². The zero-order valence-electron chi connectivity index (χ0n) is 19.6. The van der Waals surface area contributed by atoms with Gasteiger partial charge in [0.25, 0.3) is 0 Å². The molecule has 6 nitrogen and oxygen atoms in total. The largest absolute Gasteiger partial charge is 0.462 e. The summed E-state index contributed by atoms with van der Waals surface area (Å²) in [6.07, 6.45) is 1.55. The fourth-order valence-electron chi connectivity index (χ4n) is 3.03. The molecule has 9 heteroatoms. The van der Waals surface area contributed by atoms with Crippen molar-refractivity contribution >= 4 is 37.1 Å². The zero-order chi connectivity index (χ0) is 22.9. The number of hydrogen-bond acceptors (Lipinski definition) is 6. The van der Waals surface area contributed by atoms with Crippen molar-refractivity contribution in [2.75, 3.05) is 13.2 Å². The molecule has 0 unspecified atom stereocenters. The van der Waals surface area contributed by atoms with Crippen LogP contribution in [-0.2, 0) is 27.3 Å². The lowest BCUT2D eigenvalue weighted by atomic mass is 10.4. The molecule has 0 heterocycles. The van der Waals surface area contributed by atoms with Crippen LogP contribution in [0.5, 0.6) is 0 Å². The summed E-state index contributed by atoms with van der Waals surface area (Å²) in [5.41, 5.74) is 0.836. The Kier molecular flexibility index (Phi) is 16.7. The van der Waals surface area contributed by atoms with Crippen molar-refractivity contribution < 1.29 is 27.3 Å². The van der Waals surface area contributed by atoms with Gasteiger partial charge in [-0.2, -0.15) is 0 Å². The van der Waals surface area contributed by atoms with Gasteiger partial charge in [0.05, 0.1) is 13.2 Å². The third kappa shape index (κ3) is 17.2. The normalized spacial score (nSPS) is 11.6. The van der Waals surface area contributed by atoms with Crippen molar-refractivity contribution in [2.45, 2.75) is 92.9 Å². The van der Waals surface area contributed by atoms with Crippen LogP contribution in [0.3, 0.4) is 0 Å². The van der Waals surface area contributed by atoms with E-state index in [0.717, 1.165) is 24.9 Å². The van der Waals surface area contributed by atoms with E-state index in [-0.39, 0.29) is 26.8 Å². The van der Waals surface area contributed by atoms with Crippen LogP contribution in [0.1, 0.15) is 41.5 Å². The van der Waals surface area contributed by atoms with Gasteiger partial charge in [-0.3, -0.25) is 0 Å². The molecule has 0 fully saturated rings. The van der Waals surface area contributed by atoms with Crippen molar-refractivity contribution in [1.29, 1.82) is 0 Å². The van der Waals surface area contributed by atoms with Crippen molar-refractivity contribution in [3.05, 3.63) is 24.3 Å². The Balaban J connectivity index is -0.00000392. The second kappa shape index (κ2) is 14.9. The van der Waals surface area contributed by atoms with Crippen LogP contribution in [0.4, 0.5) is 0 Å². The Labute approximate surface area is 194 Å². The Morgan fingerprint density at radius 2 is 0.968 bits per heavy atom. The number of carbonyl (C=O) groups excluding carboxylic acids is 2. The molecule has 0 spiro atoms. The van der Waals surface area contributed by atoms with Crippen LogP contribution in [-0.4, -0.2) is 50.3 Å². The van der Waals surface area contributed by atoms with E-state index in [0.29, 0.717) is 24.4 Å². The minimum atomic E-state index is -2.29. The number of carbonyl (C=O) groups is 2. The van der Waals surface area contributed by atoms with E-state index in [2.05, 4.69) is 52.4 Å². The maximum Gasteiger partial charge on any atom is 0.333 e. The third-order valence-corrected chi connectivity index (χ3v) is 15.5. The van der Waals surface area contributed by atoms with Gasteiger partial charge in [0.2, 0.25) is 0 Å². The first-order chi connectivity index (χ1) is 13.1. The van der Waals surface area contributed by atoms with E-state index in [1.807, 2.05) is 0 Å². The molecule has 0 atom stereocenters. The lowest BCUT2D eigenvalue weighted by Gasteiger charge is -2.38. The smallest absolute Gasteiger partial charge is 0.333 e. The van der Waals surface area contributed by atoms with Crippen LogP contribution in [0.2, 0.25) is 51.4 Å². The molecule has 184 valence electrons. The van der Waals surface area contributed by atoms with Crippen LogP contribution in [0.15, 0.2) is 24.3 Å². The molecule has 0 radical (unpaired) electrons. The van der Waals surface area contributed by atoms with Crippen molar-refractivity contribution in [1.82, 2.24) is 0 Å². The predicted molar refractivity (Wildman–Crippen MR) is 138 cm³/mol. The van der Waals surface area contributed by atoms with Crippen molar-refractivity contribution in [2.24, 2.45) is 0 Å². The average Bonchev–Trinajstić information content (AvgIpc) is 2.52. The van der Waals surface area contributed by atoms with Gasteiger partial charge >= 0.3 is 20.5 Å². The molecule has 0 aromatic rings. The molecule has 0 aliphatic rings. The number of ether oxygens (including phenoxy) is 2. The Bertz CT molecular complexity index is 550. The molecular formula is C22H48O6Si3. The first-order valence-electron chi connectivity index (χ1n) is 10.1. The van der Waals surface area contributed by atoms with E-state index >= 15 is 0 Å². The maximum atomic E-state index is 11.4. The van der Waals surface area contributed by atoms with Gasteiger partial charge in [0.1, 0.15) is 0 Å². The van der Waals surface area contributed by atoms with Gasteiger partial charge < -0.3 is 17.7 Å². The fraction of sp³-hybridized carbons (Fsp3) is 0.727. The van der Waals surface area contributed by atoms with Crippen LogP contribution in [0, 0.1) is 0 Å². The second-order valence-corrected chi connectivity index (χ2v) is 21.6. The number of hydrogen-bond donors (Lipinski definition) is 0. The van der Waals surface area contributed by atoms with Crippen molar-refractivity contribution in [3.63, 3.8) is 0 Å². The summed E-state index contributed by atoms with van der Waals surface area (Å²) in [6, 6.07) is 1.80. The van der Waals surface area contributed by atoms with E-state index in [1.165, 1.54) is 0 Å². The summed E-state index contributed by atoms with van der Waals surface area (Å²) in [7, 11) is -6.17. The highest BCUT2D eigenvalue weighted by Gasteiger charge is 2.39. The van der Waals surface area contributed by atoms with Gasteiger partial charge in [-0.05, 0) is 78.1 Å². The summed E-state index contributed by atoms with van der Waals surface area (Å²) < 4.78 is 23.4. The Morgan fingerprint density at radius 3 is 1.23 bits per heavy atom. The molecule has 0 rings (SSSR count). The molecule has 0 amide bonds. The third-order valence-electron chi connectivity index (χ3n) is 4.05. The topological polar surface area (TPSA) is 71.1 Å². The zero-order valence-corrected chi connectivity index (χ0v) is 22.6. The van der Waals surface area contributed by atoms with Crippen LogP contribution < -0.4 is 0 Å². The Morgan fingerprint density at radius 1 is 0.677 bits per heavy atom. The van der Waals surface area contributed by atoms with Gasteiger partial charge in [-0.1, -0.05) is 28.0 Å². The monoisotopic (exact) mass is 492 g/mol. The standard InChI is InChI=1S/C20H40O6Si3.2CH4/c1-17(2)19(21)23-13-11-15-27(5,6)25-29(9,10)26-28(7,8)16-12-14-24-20(22)18(3)4;;/h1,3,11-16H2,2,4-10H3;2*1H4. The molecule has 0 aromatic heterocycles. The van der Waals surface area contributed by atoms with Gasteiger partial charge in [-0.25, -0.2) is 9.59 Å². The molecule has 0 N–H and O–H groups in total. The van der Waals surface area contributed by atoms with E-state index in [1.54, 1.807) is 13.8 Å². The quantitative estimate of drug-likeness (QED) is 0.120. The highest BCUT2D eigenvalue weighted by atomic mass is 28.5. The van der Waals surface area contributed by atoms with E-state index < -0.39 is 25.2 Å². The summed E-state index contributed by atoms with van der Waals surface area (Å²) in [5.74, 6) is -0.685. The minimum absolute atomic E-state index is 0. The highest BCUT2D eigenvalue weighted by molar-refractivity contribution is 6.87. The molecular weight excluding hydrogens is 444 g/mol. The molecule has 0 aromatic carbocycles. The molecule has 0 bridgehead atoms. The molecule has 0 saturated carbocycles. The summed E-state index contributed by atoms with van der Waals surface area (Å²) in [4.78, 5) is 22.9. The average molecular weight is 493 g/mol. The lowest BCUT2D eigenvalue weighted by Crippen LogP contribution is -2.52. The first kappa shape index (κ1) is 34.6. The Hall–Kier alpha value is -1.01. The van der Waals surface area contributed by atoms with Gasteiger partial charge in [-0.15, -0.1) is 0 Å². The number of esters is 2. The lowest BCUT2D eigenvalue weighted by molar-refractivity contribution is -0.139. The molecule has 0 saturated heterocycles. The second-order valence-electron chi connectivity index (χ2n) is 9.16. The fourth-order valence-corrected chi connectivity index (χ4v) is 17.0. The van der Waals surface area contributed by atoms with E-state index in [9.17, 15) is 9.59 Å². The van der Waals surface area contributed by atoms with E-state index in [4.69, 9.17) is 17.7 Å². The number of rotatable bonds is 14. The molecule has 0 aliphatic carbocycles. The summed E-state index contributed by atoms with van der Waals surface area (Å²) in [6.45, 7) is 24.1. The van der Waals surface area contributed by atoms with Gasteiger partial charge in [0, 0.05) is 11.1 Å². The van der Waals surface area contributed by atoms with Gasteiger partial charge in [0.15, 0.2) is 16.6 Å². The first-order valence-corrected chi connectivity index (χ1v) is 19.2. The molecule has 0 aliphatic heterocycles. The minimum Gasteiger partial charge on any atom is -0.462 e. The summed E-state index contributed by atoms with van der Waals surface area (Å²) in [5, 5.41) is 0. The van der Waals surface area contributed by atoms with Crippen LogP contribution in [0.25, 0.3) is 0 Å². The SMILES string of the molecule is C.C.C=C(C)C(=O)OCCC[Si](C)(C)O[Si](C)(C)O[Si](C)(C)CCCOC(=O)C(=C)C. The van der Waals surface area contributed by atoms with Crippen LogP contribution >= 0.6 is 0 Å². The highest BCUT2D eigenvalue weighted by Crippen LogP contribution is 2.26. The maximum absolute atomic E-state index is 11.4. The summed E-state index contributed by atoms with van der Waals surface area (Å²) >= 11 is 0.